The molecule has 0 aromatic rings. The fourth-order valence-corrected chi connectivity index (χ4v) is 4.82. The van der Waals surface area contributed by atoms with Gasteiger partial charge in [0.2, 0.25) is 0 Å². The Bertz CT molecular complexity index is 277. The molecule has 2 heteroatoms. The first-order valence-corrected chi connectivity index (χ1v) is 9.63. The Morgan fingerprint density at radius 1 is 1.05 bits per heavy atom. The van der Waals surface area contributed by atoms with Crippen LogP contribution in [0.5, 0.6) is 0 Å². The molecule has 0 aromatic heterocycles. The minimum absolute atomic E-state index is 0.146. The Kier molecular flexibility index (Phi) is 7.01. The Morgan fingerprint density at radius 3 is 2.24 bits per heavy atom. The fourth-order valence-electron chi connectivity index (χ4n) is 4.82. The molecule has 2 aliphatic rings. The van der Waals surface area contributed by atoms with E-state index in [0.29, 0.717) is 6.04 Å². The van der Waals surface area contributed by atoms with Gasteiger partial charge in [-0.05, 0) is 57.4 Å². The number of hydrogen-bond donors (Lipinski definition) is 1. The summed E-state index contributed by atoms with van der Waals surface area (Å²) in [6.07, 6.45) is 13.6. The molecular formula is C19H37NO. The molecule has 0 saturated heterocycles. The number of hydrogen-bond acceptors (Lipinski definition) is 2. The molecule has 0 aliphatic heterocycles. The molecule has 21 heavy (non-hydrogen) atoms. The molecular weight excluding hydrogens is 258 g/mol. The normalized spacial score (nSPS) is 30.4. The van der Waals surface area contributed by atoms with Crippen molar-refractivity contribution >= 4 is 0 Å². The molecule has 0 radical (unpaired) electrons. The highest BCUT2D eigenvalue weighted by molar-refractivity contribution is 5.01. The molecule has 0 heterocycles. The molecule has 0 bridgehead atoms. The predicted octanol–water partition coefficient (Wildman–Crippen LogP) is 4.92. The molecule has 2 nitrogen and oxygen atoms in total. The first kappa shape index (κ1) is 17.3. The van der Waals surface area contributed by atoms with Crippen LogP contribution >= 0.6 is 0 Å². The van der Waals surface area contributed by atoms with Crippen molar-refractivity contribution < 1.29 is 4.74 Å². The summed E-state index contributed by atoms with van der Waals surface area (Å²) in [5.41, 5.74) is 0.146. The lowest BCUT2D eigenvalue weighted by molar-refractivity contribution is -0.0802. The minimum Gasteiger partial charge on any atom is -0.374 e. The Hall–Kier alpha value is -0.0800. The second-order valence-corrected chi connectivity index (χ2v) is 7.33. The summed E-state index contributed by atoms with van der Waals surface area (Å²) in [6, 6.07) is 0.595. The van der Waals surface area contributed by atoms with Gasteiger partial charge in [-0.15, -0.1) is 0 Å². The zero-order valence-electron chi connectivity index (χ0n) is 14.6. The highest BCUT2D eigenvalue weighted by Crippen LogP contribution is 2.43. The van der Waals surface area contributed by atoms with Gasteiger partial charge in [-0.3, -0.25) is 0 Å². The molecule has 1 unspecified atom stereocenters. The van der Waals surface area contributed by atoms with Crippen LogP contribution in [0, 0.1) is 11.8 Å². The molecule has 2 aliphatic carbocycles. The van der Waals surface area contributed by atoms with Gasteiger partial charge in [0.1, 0.15) is 0 Å². The first-order chi connectivity index (χ1) is 10.3. The van der Waals surface area contributed by atoms with Crippen LogP contribution in [0.3, 0.4) is 0 Å². The van der Waals surface area contributed by atoms with Crippen molar-refractivity contribution in [3.05, 3.63) is 0 Å². The summed E-state index contributed by atoms with van der Waals surface area (Å²) in [4.78, 5) is 0. The third-order valence-electron chi connectivity index (χ3n) is 6.00. The minimum atomic E-state index is 0.146. The number of rotatable bonds is 8. The SMILES string of the molecule is CCCNC(C1CCC(CC)CC1)C1(OCC)CCCC1. The maximum atomic E-state index is 6.39. The molecule has 1 atom stereocenters. The molecule has 2 rings (SSSR count). The van der Waals surface area contributed by atoms with E-state index in [-0.39, 0.29) is 5.60 Å². The van der Waals surface area contributed by atoms with E-state index in [4.69, 9.17) is 4.74 Å². The molecule has 2 saturated carbocycles. The van der Waals surface area contributed by atoms with E-state index in [1.807, 2.05) is 0 Å². The third-order valence-corrected chi connectivity index (χ3v) is 6.00. The third kappa shape index (κ3) is 4.22. The number of ether oxygens (including phenoxy) is 1. The predicted molar refractivity (Wildman–Crippen MR) is 90.6 cm³/mol. The topological polar surface area (TPSA) is 21.3 Å². The molecule has 0 amide bonds. The van der Waals surface area contributed by atoms with Gasteiger partial charge < -0.3 is 10.1 Å². The molecule has 124 valence electrons. The molecule has 2 fully saturated rings. The van der Waals surface area contributed by atoms with Crippen LogP contribution in [0.1, 0.15) is 85.0 Å². The largest absolute Gasteiger partial charge is 0.374 e. The van der Waals surface area contributed by atoms with Crippen molar-refractivity contribution in [2.24, 2.45) is 11.8 Å². The summed E-state index contributed by atoms with van der Waals surface area (Å²) in [6.45, 7) is 8.82. The van der Waals surface area contributed by atoms with Gasteiger partial charge in [0, 0.05) is 12.6 Å². The van der Waals surface area contributed by atoms with Gasteiger partial charge in [-0.1, -0.05) is 46.0 Å². The van der Waals surface area contributed by atoms with E-state index < -0.39 is 0 Å². The van der Waals surface area contributed by atoms with Gasteiger partial charge >= 0.3 is 0 Å². The lowest BCUT2D eigenvalue weighted by Gasteiger charge is -2.44. The molecule has 0 spiro atoms. The van der Waals surface area contributed by atoms with E-state index in [1.165, 1.54) is 64.2 Å². The van der Waals surface area contributed by atoms with Crippen molar-refractivity contribution in [1.82, 2.24) is 5.32 Å². The van der Waals surface area contributed by atoms with E-state index in [0.717, 1.165) is 25.0 Å². The van der Waals surface area contributed by atoms with Gasteiger partial charge in [0.05, 0.1) is 5.60 Å². The van der Waals surface area contributed by atoms with Gasteiger partial charge in [-0.2, -0.15) is 0 Å². The highest BCUT2D eigenvalue weighted by Gasteiger charge is 2.45. The van der Waals surface area contributed by atoms with Gasteiger partial charge in [-0.25, -0.2) is 0 Å². The van der Waals surface area contributed by atoms with Crippen LogP contribution in [0.2, 0.25) is 0 Å². The summed E-state index contributed by atoms with van der Waals surface area (Å²) >= 11 is 0. The monoisotopic (exact) mass is 295 g/mol. The van der Waals surface area contributed by atoms with Gasteiger partial charge in [0.15, 0.2) is 0 Å². The van der Waals surface area contributed by atoms with Crippen molar-refractivity contribution in [3.8, 4) is 0 Å². The zero-order chi connectivity index (χ0) is 15.1. The van der Waals surface area contributed by atoms with Crippen molar-refractivity contribution in [3.63, 3.8) is 0 Å². The van der Waals surface area contributed by atoms with Crippen LogP contribution in [0.4, 0.5) is 0 Å². The maximum Gasteiger partial charge on any atom is 0.0837 e. The average molecular weight is 296 g/mol. The number of nitrogens with one attached hydrogen (secondary N) is 1. The smallest absolute Gasteiger partial charge is 0.0837 e. The molecule has 0 aromatic carbocycles. The summed E-state index contributed by atoms with van der Waals surface area (Å²) in [5.74, 6) is 1.82. The van der Waals surface area contributed by atoms with Crippen LogP contribution in [-0.2, 0) is 4.74 Å². The quantitative estimate of drug-likeness (QED) is 0.686. The lowest BCUT2D eigenvalue weighted by atomic mass is 9.72. The van der Waals surface area contributed by atoms with Gasteiger partial charge in [0.25, 0.3) is 0 Å². The second-order valence-electron chi connectivity index (χ2n) is 7.33. The Balaban J connectivity index is 2.05. The first-order valence-electron chi connectivity index (χ1n) is 9.63. The van der Waals surface area contributed by atoms with E-state index >= 15 is 0 Å². The summed E-state index contributed by atoms with van der Waals surface area (Å²) in [5, 5.41) is 3.91. The second kappa shape index (κ2) is 8.53. The Morgan fingerprint density at radius 2 is 1.71 bits per heavy atom. The zero-order valence-corrected chi connectivity index (χ0v) is 14.6. The highest BCUT2D eigenvalue weighted by atomic mass is 16.5. The van der Waals surface area contributed by atoms with Crippen LogP contribution < -0.4 is 5.32 Å². The van der Waals surface area contributed by atoms with Crippen LogP contribution in [0.25, 0.3) is 0 Å². The Labute approximate surface area is 132 Å². The van der Waals surface area contributed by atoms with E-state index in [2.05, 4.69) is 26.1 Å². The maximum absolute atomic E-state index is 6.39. The average Bonchev–Trinajstić information content (AvgIpc) is 2.98. The van der Waals surface area contributed by atoms with Crippen molar-refractivity contribution in [2.75, 3.05) is 13.2 Å². The van der Waals surface area contributed by atoms with Crippen molar-refractivity contribution in [1.29, 1.82) is 0 Å². The van der Waals surface area contributed by atoms with Crippen LogP contribution in [-0.4, -0.2) is 24.8 Å². The van der Waals surface area contributed by atoms with E-state index in [9.17, 15) is 0 Å². The van der Waals surface area contributed by atoms with Crippen LogP contribution in [0.15, 0.2) is 0 Å². The fraction of sp³-hybridized carbons (Fsp3) is 1.00. The molecule has 1 N–H and O–H groups in total. The van der Waals surface area contributed by atoms with Crippen molar-refractivity contribution in [2.45, 2.75) is 96.6 Å². The van der Waals surface area contributed by atoms with E-state index in [1.54, 1.807) is 0 Å². The summed E-state index contributed by atoms with van der Waals surface area (Å²) in [7, 11) is 0. The lowest BCUT2D eigenvalue weighted by Crippen LogP contribution is -2.55. The standard InChI is InChI=1S/C19H37NO/c1-4-15-20-18(17-11-9-16(5-2)10-12-17)19(21-6-3)13-7-8-14-19/h16-18,20H,4-15H2,1-3H3. The summed E-state index contributed by atoms with van der Waals surface area (Å²) < 4.78 is 6.39.